The van der Waals surface area contributed by atoms with Gasteiger partial charge in [0.1, 0.15) is 5.69 Å². The quantitative estimate of drug-likeness (QED) is 0.864. The van der Waals surface area contributed by atoms with E-state index in [-0.39, 0.29) is 0 Å². The summed E-state index contributed by atoms with van der Waals surface area (Å²) in [5, 5.41) is 0. The van der Waals surface area contributed by atoms with Crippen molar-refractivity contribution in [3.8, 4) is 11.5 Å². The van der Waals surface area contributed by atoms with Gasteiger partial charge >= 0.3 is 0 Å². The molecule has 0 bridgehead atoms. The van der Waals surface area contributed by atoms with Crippen LogP contribution in [0.4, 0.5) is 0 Å². The molecule has 1 fully saturated rings. The highest BCUT2D eigenvalue weighted by Crippen LogP contribution is 2.26. The van der Waals surface area contributed by atoms with Crippen molar-refractivity contribution in [2.45, 2.75) is 39.2 Å². The van der Waals surface area contributed by atoms with Crippen LogP contribution in [-0.2, 0) is 0 Å². The van der Waals surface area contributed by atoms with Gasteiger partial charge in [0.15, 0.2) is 5.82 Å². The number of aromatic nitrogens is 3. The summed E-state index contributed by atoms with van der Waals surface area (Å²) >= 11 is 0. The third kappa shape index (κ3) is 3.16. The molecular weight excluding hydrogens is 260 g/mol. The van der Waals surface area contributed by atoms with Gasteiger partial charge in [-0.05, 0) is 51.4 Å². The van der Waals surface area contributed by atoms with E-state index in [1.165, 1.54) is 32.4 Å². The van der Waals surface area contributed by atoms with E-state index in [0.29, 0.717) is 6.04 Å². The van der Waals surface area contributed by atoms with Gasteiger partial charge in [-0.3, -0.25) is 0 Å². The van der Waals surface area contributed by atoms with Crippen molar-refractivity contribution in [1.29, 1.82) is 0 Å². The summed E-state index contributed by atoms with van der Waals surface area (Å²) in [6.45, 7) is 7.84. The van der Waals surface area contributed by atoms with E-state index in [0.717, 1.165) is 23.8 Å². The SMILES string of the molecule is CCCN1CCCC(n2ccnc2-c2cccc(C)n2)C1. The number of pyridine rings is 1. The van der Waals surface area contributed by atoms with E-state index < -0.39 is 0 Å². The molecule has 1 aliphatic rings. The maximum absolute atomic E-state index is 4.63. The lowest BCUT2D eigenvalue weighted by molar-refractivity contribution is 0.178. The molecule has 2 aromatic heterocycles. The number of hydrogen-bond acceptors (Lipinski definition) is 3. The number of hydrogen-bond donors (Lipinski definition) is 0. The highest BCUT2D eigenvalue weighted by atomic mass is 15.2. The van der Waals surface area contributed by atoms with Gasteiger partial charge in [-0.25, -0.2) is 9.97 Å². The Morgan fingerprint density at radius 1 is 1.33 bits per heavy atom. The van der Waals surface area contributed by atoms with Crippen LogP contribution < -0.4 is 0 Å². The normalized spacial score (nSPS) is 19.8. The van der Waals surface area contributed by atoms with Crippen molar-refractivity contribution in [3.05, 3.63) is 36.3 Å². The summed E-state index contributed by atoms with van der Waals surface area (Å²) < 4.78 is 2.32. The van der Waals surface area contributed by atoms with Crippen LogP contribution in [0.3, 0.4) is 0 Å². The zero-order chi connectivity index (χ0) is 14.7. The third-order valence-electron chi connectivity index (χ3n) is 4.20. The van der Waals surface area contributed by atoms with Gasteiger partial charge in [0.2, 0.25) is 0 Å². The Morgan fingerprint density at radius 3 is 3.05 bits per heavy atom. The van der Waals surface area contributed by atoms with Crippen LogP contribution in [0.1, 0.15) is 37.9 Å². The molecule has 3 rings (SSSR count). The highest BCUT2D eigenvalue weighted by Gasteiger charge is 2.23. The Balaban J connectivity index is 1.85. The lowest BCUT2D eigenvalue weighted by atomic mass is 10.0. The first-order valence-corrected chi connectivity index (χ1v) is 7.97. The van der Waals surface area contributed by atoms with Crippen molar-refractivity contribution >= 4 is 0 Å². The molecule has 0 amide bonds. The number of nitrogens with zero attached hydrogens (tertiary/aromatic N) is 4. The summed E-state index contributed by atoms with van der Waals surface area (Å²) in [6.07, 6.45) is 7.74. The van der Waals surface area contributed by atoms with Gasteiger partial charge < -0.3 is 9.47 Å². The molecule has 1 saturated heterocycles. The van der Waals surface area contributed by atoms with Crippen LogP contribution in [0.2, 0.25) is 0 Å². The van der Waals surface area contributed by atoms with E-state index in [2.05, 4.69) is 44.7 Å². The Morgan fingerprint density at radius 2 is 2.24 bits per heavy atom. The molecule has 0 spiro atoms. The van der Waals surface area contributed by atoms with Crippen LogP contribution in [0.5, 0.6) is 0 Å². The van der Waals surface area contributed by atoms with Crippen LogP contribution >= 0.6 is 0 Å². The second kappa shape index (κ2) is 6.39. The first-order valence-electron chi connectivity index (χ1n) is 7.97. The van der Waals surface area contributed by atoms with Gasteiger partial charge in [-0.1, -0.05) is 13.0 Å². The Kier molecular flexibility index (Phi) is 4.34. The van der Waals surface area contributed by atoms with Crippen LogP contribution in [0.25, 0.3) is 11.5 Å². The minimum absolute atomic E-state index is 0.519. The van der Waals surface area contributed by atoms with Crippen molar-refractivity contribution < 1.29 is 0 Å². The molecule has 0 aromatic carbocycles. The molecule has 112 valence electrons. The summed E-state index contributed by atoms with van der Waals surface area (Å²) in [7, 11) is 0. The fourth-order valence-corrected chi connectivity index (χ4v) is 3.25. The molecule has 4 heteroatoms. The fraction of sp³-hybridized carbons (Fsp3) is 0.529. The van der Waals surface area contributed by atoms with Gasteiger partial charge in [0.25, 0.3) is 0 Å². The molecule has 21 heavy (non-hydrogen) atoms. The van der Waals surface area contributed by atoms with Crippen molar-refractivity contribution in [2.24, 2.45) is 0 Å². The molecule has 2 aromatic rings. The fourth-order valence-electron chi connectivity index (χ4n) is 3.25. The number of imidazole rings is 1. The zero-order valence-electron chi connectivity index (χ0n) is 13.0. The Bertz CT molecular complexity index is 588. The number of piperidine rings is 1. The highest BCUT2D eigenvalue weighted by molar-refractivity contribution is 5.50. The standard InChI is InChI=1S/C17H24N4/c1-3-10-20-11-5-7-15(13-20)21-12-9-18-17(21)16-8-4-6-14(2)19-16/h4,6,8-9,12,15H,3,5,7,10-11,13H2,1-2H3. The Hall–Kier alpha value is -1.68. The van der Waals surface area contributed by atoms with Crippen LogP contribution in [0, 0.1) is 6.92 Å². The molecule has 1 unspecified atom stereocenters. The summed E-state index contributed by atoms with van der Waals surface area (Å²) in [5.74, 6) is 1.00. The van der Waals surface area contributed by atoms with Gasteiger partial charge in [0.05, 0.1) is 0 Å². The van der Waals surface area contributed by atoms with Gasteiger partial charge in [0, 0.05) is 30.7 Å². The molecule has 1 aliphatic heterocycles. The molecule has 1 atom stereocenters. The second-order valence-corrected chi connectivity index (χ2v) is 5.92. The second-order valence-electron chi connectivity index (χ2n) is 5.92. The molecule has 3 heterocycles. The van der Waals surface area contributed by atoms with E-state index in [9.17, 15) is 0 Å². The number of aryl methyl sites for hydroxylation is 1. The van der Waals surface area contributed by atoms with Crippen molar-refractivity contribution in [1.82, 2.24) is 19.4 Å². The monoisotopic (exact) mass is 284 g/mol. The average Bonchev–Trinajstić information content (AvgIpc) is 2.97. The minimum Gasteiger partial charge on any atom is -0.325 e. The summed E-state index contributed by atoms with van der Waals surface area (Å²) in [5.41, 5.74) is 2.02. The summed E-state index contributed by atoms with van der Waals surface area (Å²) in [6, 6.07) is 6.66. The Labute approximate surface area is 126 Å². The largest absolute Gasteiger partial charge is 0.325 e. The van der Waals surface area contributed by atoms with Crippen molar-refractivity contribution in [3.63, 3.8) is 0 Å². The van der Waals surface area contributed by atoms with E-state index >= 15 is 0 Å². The predicted octanol–water partition coefficient (Wildman–Crippen LogP) is 3.30. The number of rotatable bonds is 4. The van der Waals surface area contributed by atoms with Crippen molar-refractivity contribution in [2.75, 3.05) is 19.6 Å². The first kappa shape index (κ1) is 14.3. The number of likely N-dealkylation sites (tertiary alicyclic amines) is 1. The molecule has 0 N–H and O–H groups in total. The molecule has 0 radical (unpaired) electrons. The average molecular weight is 284 g/mol. The van der Waals surface area contributed by atoms with E-state index in [1.54, 1.807) is 0 Å². The molecule has 4 nitrogen and oxygen atoms in total. The van der Waals surface area contributed by atoms with Gasteiger partial charge in [-0.15, -0.1) is 0 Å². The van der Waals surface area contributed by atoms with Crippen LogP contribution in [-0.4, -0.2) is 39.1 Å². The predicted molar refractivity (Wildman–Crippen MR) is 85.2 cm³/mol. The zero-order valence-corrected chi connectivity index (χ0v) is 13.0. The summed E-state index contributed by atoms with van der Waals surface area (Å²) in [4.78, 5) is 11.8. The van der Waals surface area contributed by atoms with Gasteiger partial charge in [-0.2, -0.15) is 0 Å². The van der Waals surface area contributed by atoms with E-state index in [4.69, 9.17) is 0 Å². The smallest absolute Gasteiger partial charge is 0.158 e. The minimum atomic E-state index is 0.519. The lowest BCUT2D eigenvalue weighted by Crippen LogP contribution is -2.37. The first-order chi connectivity index (χ1) is 10.3. The third-order valence-corrected chi connectivity index (χ3v) is 4.20. The molecular formula is C17H24N4. The molecule has 0 aliphatic carbocycles. The van der Waals surface area contributed by atoms with Crippen LogP contribution in [0.15, 0.2) is 30.6 Å². The topological polar surface area (TPSA) is 34.0 Å². The molecule has 0 saturated carbocycles. The maximum atomic E-state index is 4.63. The lowest BCUT2D eigenvalue weighted by Gasteiger charge is -2.33. The maximum Gasteiger partial charge on any atom is 0.158 e. The van der Waals surface area contributed by atoms with E-state index in [1.807, 2.05) is 19.2 Å².